The molecular formula is C16H23F3N2O5. The maximum absolute atomic E-state index is 12.3. The number of carbonyl (C=O) groups is 1. The standard InChI is InChI=1S/C16H23F3N2O5/c1-15(2,3)26-14(24)21-7-6-11(22)13(23)9-4-5-10(20)12(8-9)25-16(17,18)19/h4-5,8,11,13,22-23H,6-7,20H2,1-3H3,(H,21,24). The molecule has 2 unspecified atom stereocenters. The number of hydrogen-bond acceptors (Lipinski definition) is 6. The molecule has 0 aromatic heterocycles. The highest BCUT2D eigenvalue weighted by Crippen LogP contribution is 2.32. The van der Waals surface area contributed by atoms with Crippen LogP contribution in [0.2, 0.25) is 0 Å². The van der Waals surface area contributed by atoms with Gasteiger partial charge in [0.15, 0.2) is 5.75 Å². The Labute approximate surface area is 148 Å². The number of nitrogens with two attached hydrogens (primary N) is 1. The van der Waals surface area contributed by atoms with Gasteiger partial charge in [0.2, 0.25) is 0 Å². The molecule has 1 aromatic rings. The number of anilines is 1. The molecule has 1 aromatic carbocycles. The summed E-state index contributed by atoms with van der Waals surface area (Å²) in [7, 11) is 0. The van der Waals surface area contributed by atoms with Crippen LogP contribution in [0.1, 0.15) is 38.9 Å². The molecule has 0 radical (unpaired) electrons. The fourth-order valence-electron chi connectivity index (χ4n) is 1.96. The first kappa shape index (κ1) is 21.8. The van der Waals surface area contributed by atoms with E-state index in [4.69, 9.17) is 10.5 Å². The average molecular weight is 380 g/mol. The van der Waals surface area contributed by atoms with Crippen LogP contribution in [0, 0.1) is 0 Å². The second-order valence-electron chi connectivity index (χ2n) is 6.57. The second-order valence-corrected chi connectivity index (χ2v) is 6.57. The third-order valence-corrected chi connectivity index (χ3v) is 3.08. The molecule has 0 bridgehead atoms. The molecule has 26 heavy (non-hydrogen) atoms. The third kappa shape index (κ3) is 7.79. The lowest BCUT2D eigenvalue weighted by Crippen LogP contribution is -2.34. The van der Waals surface area contributed by atoms with Crippen LogP contribution in [0.3, 0.4) is 0 Å². The van der Waals surface area contributed by atoms with E-state index < -0.39 is 36.0 Å². The maximum Gasteiger partial charge on any atom is 0.573 e. The van der Waals surface area contributed by atoms with Crippen LogP contribution < -0.4 is 15.8 Å². The molecule has 1 amide bonds. The lowest BCUT2D eigenvalue weighted by molar-refractivity contribution is -0.274. The van der Waals surface area contributed by atoms with E-state index in [0.717, 1.165) is 12.1 Å². The van der Waals surface area contributed by atoms with Gasteiger partial charge in [-0.25, -0.2) is 4.79 Å². The highest BCUT2D eigenvalue weighted by atomic mass is 19.4. The quantitative estimate of drug-likeness (QED) is 0.564. The van der Waals surface area contributed by atoms with Gasteiger partial charge >= 0.3 is 12.5 Å². The number of nitrogen functional groups attached to an aromatic ring is 1. The Bertz CT molecular complexity index is 617. The first-order chi connectivity index (χ1) is 11.8. The van der Waals surface area contributed by atoms with Gasteiger partial charge in [-0.1, -0.05) is 6.07 Å². The van der Waals surface area contributed by atoms with Crippen LogP contribution in [-0.4, -0.2) is 40.9 Å². The number of nitrogens with one attached hydrogen (secondary N) is 1. The molecule has 0 saturated heterocycles. The minimum atomic E-state index is -4.94. The maximum atomic E-state index is 12.3. The van der Waals surface area contributed by atoms with Crippen molar-refractivity contribution in [3.63, 3.8) is 0 Å². The molecule has 0 aliphatic rings. The smallest absolute Gasteiger partial charge is 0.444 e. The van der Waals surface area contributed by atoms with E-state index in [1.807, 2.05) is 0 Å². The normalized spacial score (nSPS) is 14.5. The number of rotatable bonds is 6. The summed E-state index contributed by atoms with van der Waals surface area (Å²) in [6.07, 6.45) is -8.51. The summed E-state index contributed by atoms with van der Waals surface area (Å²) in [5, 5.41) is 22.5. The van der Waals surface area contributed by atoms with E-state index in [9.17, 15) is 28.2 Å². The Morgan fingerprint density at radius 3 is 2.42 bits per heavy atom. The molecule has 148 valence electrons. The summed E-state index contributed by atoms with van der Waals surface area (Å²) in [4.78, 5) is 11.5. The van der Waals surface area contributed by atoms with E-state index in [1.54, 1.807) is 20.8 Å². The molecule has 1 rings (SSSR count). The van der Waals surface area contributed by atoms with Gasteiger partial charge in [-0.3, -0.25) is 0 Å². The molecule has 0 fully saturated rings. The van der Waals surface area contributed by atoms with Gasteiger partial charge in [0.1, 0.15) is 11.7 Å². The third-order valence-electron chi connectivity index (χ3n) is 3.08. The van der Waals surface area contributed by atoms with Crippen molar-refractivity contribution in [1.29, 1.82) is 0 Å². The largest absolute Gasteiger partial charge is 0.573 e. The van der Waals surface area contributed by atoms with Gasteiger partial charge in [0, 0.05) is 6.54 Å². The van der Waals surface area contributed by atoms with Crippen molar-refractivity contribution in [1.82, 2.24) is 5.32 Å². The summed E-state index contributed by atoms with van der Waals surface area (Å²) in [5.74, 6) is -0.673. The van der Waals surface area contributed by atoms with Crippen molar-refractivity contribution in [2.75, 3.05) is 12.3 Å². The van der Waals surface area contributed by atoms with Crippen LogP contribution in [0.15, 0.2) is 18.2 Å². The Hall–Kier alpha value is -2.20. The van der Waals surface area contributed by atoms with E-state index in [1.165, 1.54) is 6.07 Å². The SMILES string of the molecule is CC(C)(C)OC(=O)NCCC(O)C(O)c1ccc(N)c(OC(F)(F)F)c1. The van der Waals surface area contributed by atoms with Crippen molar-refractivity contribution in [2.45, 2.75) is 51.4 Å². The van der Waals surface area contributed by atoms with Crippen molar-refractivity contribution < 1.29 is 37.7 Å². The number of hydrogen-bond donors (Lipinski definition) is 4. The predicted molar refractivity (Wildman–Crippen MR) is 87.4 cm³/mol. The topological polar surface area (TPSA) is 114 Å². The number of benzene rings is 1. The Kier molecular flexibility index (Phi) is 7.10. The fraction of sp³-hybridized carbons (Fsp3) is 0.562. The van der Waals surface area contributed by atoms with Crippen molar-refractivity contribution in [2.24, 2.45) is 0 Å². The van der Waals surface area contributed by atoms with Gasteiger partial charge in [-0.05, 0) is 44.9 Å². The van der Waals surface area contributed by atoms with Gasteiger partial charge < -0.3 is 30.7 Å². The van der Waals surface area contributed by atoms with Crippen LogP contribution in [0.5, 0.6) is 5.75 Å². The van der Waals surface area contributed by atoms with E-state index >= 15 is 0 Å². The van der Waals surface area contributed by atoms with Crippen LogP contribution in [0.4, 0.5) is 23.7 Å². The van der Waals surface area contributed by atoms with E-state index in [2.05, 4.69) is 10.1 Å². The van der Waals surface area contributed by atoms with Crippen LogP contribution in [-0.2, 0) is 4.74 Å². The summed E-state index contributed by atoms with van der Waals surface area (Å²) >= 11 is 0. The molecule has 0 heterocycles. The molecule has 0 spiro atoms. The second kappa shape index (κ2) is 8.45. The number of carbonyl (C=O) groups excluding carboxylic acids is 1. The van der Waals surface area contributed by atoms with Gasteiger partial charge in [0.25, 0.3) is 0 Å². The predicted octanol–water partition coefficient (Wildman–Crippen LogP) is 2.48. The number of alkyl carbamates (subject to hydrolysis) is 1. The minimum absolute atomic E-state index is 0.00593. The van der Waals surface area contributed by atoms with Crippen molar-refractivity contribution >= 4 is 11.8 Å². The zero-order valence-electron chi connectivity index (χ0n) is 14.6. The minimum Gasteiger partial charge on any atom is -0.444 e. The molecule has 0 aliphatic heterocycles. The molecule has 10 heteroatoms. The molecule has 2 atom stereocenters. The van der Waals surface area contributed by atoms with Gasteiger partial charge in [-0.15, -0.1) is 13.2 Å². The molecule has 0 aliphatic carbocycles. The number of halogens is 3. The van der Waals surface area contributed by atoms with Crippen LogP contribution in [0.25, 0.3) is 0 Å². The van der Waals surface area contributed by atoms with E-state index in [0.29, 0.717) is 0 Å². The number of ether oxygens (including phenoxy) is 2. The highest BCUT2D eigenvalue weighted by Gasteiger charge is 2.32. The highest BCUT2D eigenvalue weighted by molar-refractivity contribution is 5.67. The molecule has 7 nitrogen and oxygen atoms in total. The summed E-state index contributed by atoms with van der Waals surface area (Å²) in [6, 6.07) is 3.30. The number of alkyl halides is 3. The summed E-state index contributed by atoms with van der Waals surface area (Å²) in [6.45, 7) is 5.06. The van der Waals surface area contributed by atoms with Gasteiger partial charge in [-0.2, -0.15) is 0 Å². The van der Waals surface area contributed by atoms with Gasteiger partial charge in [0.05, 0.1) is 11.8 Å². The molecular weight excluding hydrogens is 357 g/mol. The molecule has 0 saturated carbocycles. The van der Waals surface area contributed by atoms with Crippen molar-refractivity contribution in [3.8, 4) is 5.75 Å². The van der Waals surface area contributed by atoms with E-state index in [-0.39, 0.29) is 24.2 Å². The Balaban J connectivity index is 2.64. The lowest BCUT2D eigenvalue weighted by Gasteiger charge is -2.21. The average Bonchev–Trinajstić information content (AvgIpc) is 2.45. The zero-order chi connectivity index (χ0) is 20.1. The number of aliphatic hydroxyl groups excluding tert-OH is 2. The number of amides is 1. The zero-order valence-corrected chi connectivity index (χ0v) is 14.6. The first-order valence-electron chi connectivity index (χ1n) is 7.76. The monoisotopic (exact) mass is 380 g/mol. The fourth-order valence-corrected chi connectivity index (χ4v) is 1.96. The Morgan fingerprint density at radius 1 is 1.27 bits per heavy atom. The molecule has 5 N–H and O–H groups in total. The summed E-state index contributed by atoms with van der Waals surface area (Å²) < 4.78 is 45.8. The van der Waals surface area contributed by atoms with Crippen molar-refractivity contribution in [3.05, 3.63) is 23.8 Å². The first-order valence-corrected chi connectivity index (χ1v) is 7.76. The Morgan fingerprint density at radius 2 is 1.88 bits per heavy atom. The summed E-state index contributed by atoms with van der Waals surface area (Å²) in [5.41, 5.74) is 4.45. The number of aliphatic hydroxyl groups is 2. The lowest BCUT2D eigenvalue weighted by atomic mass is 10.0. The van der Waals surface area contributed by atoms with Crippen LogP contribution >= 0.6 is 0 Å².